The fourth-order valence-corrected chi connectivity index (χ4v) is 1.77. The first-order valence-electron chi connectivity index (χ1n) is 6.18. The molecule has 0 amide bonds. The van der Waals surface area contributed by atoms with Gasteiger partial charge >= 0.3 is 5.63 Å². The Hall–Kier alpha value is -1.37. The Bertz CT molecular complexity index is 646. The van der Waals surface area contributed by atoms with Crippen molar-refractivity contribution in [3.05, 3.63) is 40.2 Å². The number of rotatable bonds is 4. The summed E-state index contributed by atoms with van der Waals surface area (Å²) in [5.41, 5.74) is -0.0453. The van der Waals surface area contributed by atoms with Crippen molar-refractivity contribution < 1.29 is 13.9 Å². The molecule has 0 spiro atoms. The molecule has 108 valence electrons. The predicted octanol–water partition coefficient (Wildman–Crippen LogP) is 3.84. The van der Waals surface area contributed by atoms with Gasteiger partial charge in [0.05, 0.1) is 7.11 Å². The van der Waals surface area contributed by atoms with E-state index in [4.69, 9.17) is 9.15 Å². The number of ether oxygens (including phenoxy) is 1. The van der Waals surface area contributed by atoms with Crippen LogP contribution in [0.5, 0.6) is 5.75 Å². The number of fused-ring (bicyclic) bond motifs is 1. The molecule has 1 aromatic carbocycles. The summed E-state index contributed by atoms with van der Waals surface area (Å²) in [5.74, 6) is 0.433. The van der Waals surface area contributed by atoms with E-state index < -0.39 is 5.63 Å². The Labute approximate surface area is 131 Å². The molecule has 0 saturated heterocycles. The molecule has 1 aromatic heterocycles. The van der Waals surface area contributed by atoms with Crippen molar-refractivity contribution >= 4 is 39.3 Å². The topological polar surface area (TPSA) is 56.5 Å². The van der Waals surface area contributed by atoms with Crippen molar-refractivity contribution in [3.8, 4) is 5.75 Å². The predicted molar refractivity (Wildman–Crippen MR) is 88.2 cm³/mol. The maximum Gasteiger partial charge on any atom is 0.347 e. The van der Waals surface area contributed by atoms with Crippen LogP contribution in [0.4, 0.5) is 0 Å². The summed E-state index contributed by atoms with van der Waals surface area (Å²) in [4.78, 5) is 25.4. The highest BCUT2D eigenvalue weighted by Gasteiger charge is 2.12. The summed E-state index contributed by atoms with van der Waals surface area (Å²) in [6, 6.07) is 6.74. The van der Waals surface area contributed by atoms with Gasteiger partial charge in [-0.25, -0.2) is 4.79 Å². The zero-order chi connectivity index (χ0) is 15.1. The van der Waals surface area contributed by atoms with Crippen LogP contribution in [0.3, 0.4) is 0 Å². The molecule has 0 aliphatic rings. The van der Waals surface area contributed by atoms with E-state index in [9.17, 15) is 9.59 Å². The van der Waals surface area contributed by atoms with Crippen molar-refractivity contribution in [2.45, 2.75) is 19.8 Å². The Kier molecular flexibility index (Phi) is 6.70. The molecule has 20 heavy (non-hydrogen) atoms. The lowest BCUT2D eigenvalue weighted by atomic mass is 10.1. The molecule has 2 rings (SSSR count). The molecule has 0 saturated carbocycles. The first kappa shape index (κ1) is 16.7. The van der Waals surface area contributed by atoms with E-state index in [1.807, 2.05) is 11.9 Å². The van der Waals surface area contributed by atoms with Crippen LogP contribution in [0.25, 0.3) is 11.0 Å². The molecule has 0 aliphatic carbocycles. The van der Waals surface area contributed by atoms with E-state index in [1.165, 1.54) is 0 Å². The van der Waals surface area contributed by atoms with Crippen molar-refractivity contribution in [3.63, 3.8) is 0 Å². The summed E-state index contributed by atoms with van der Waals surface area (Å²) in [5, 5.41) is 0.717. The second-order valence-corrected chi connectivity index (χ2v) is 4.02. The molecule has 0 atom stereocenters. The maximum absolute atomic E-state index is 11.7. The molecule has 0 fully saturated rings. The quantitative estimate of drug-likeness (QED) is 0.346. The van der Waals surface area contributed by atoms with Crippen molar-refractivity contribution in [2.24, 2.45) is 0 Å². The first-order chi connectivity index (χ1) is 9.65. The smallest absolute Gasteiger partial charge is 0.347 e. The zero-order valence-corrected chi connectivity index (χ0v) is 13.9. The van der Waals surface area contributed by atoms with Crippen LogP contribution in [-0.2, 0) is 0 Å². The van der Waals surface area contributed by atoms with Gasteiger partial charge in [-0.15, -0.1) is 0 Å². The highest BCUT2D eigenvalue weighted by molar-refractivity contribution is 14.1. The Morgan fingerprint density at radius 3 is 2.60 bits per heavy atom. The molecule has 1 heterocycles. The van der Waals surface area contributed by atoms with Crippen LogP contribution < -0.4 is 10.4 Å². The van der Waals surface area contributed by atoms with Crippen LogP contribution in [0.1, 0.15) is 30.1 Å². The number of carbonyl (C=O) groups is 1. The summed E-state index contributed by atoms with van der Waals surface area (Å²) < 4.78 is 10.2. The van der Waals surface area contributed by atoms with Crippen LogP contribution >= 0.6 is 22.6 Å². The van der Waals surface area contributed by atoms with E-state index in [0.717, 1.165) is 5.39 Å². The van der Waals surface area contributed by atoms with Gasteiger partial charge in [-0.05, 0) is 29.6 Å². The van der Waals surface area contributed by atoms with Gasteiger partial charge in [0.2, 0.25) is 0 Å². The van der Waals surface area contributed by atoms with Crippen LogP contribution in [0, 0.1) is 0 Å². The third-order valence-corrected chi connectivity index (χ3v) is 2.72. The highest BCUT2D eigenvalue weighted by Crippen LogP contribution is 2.20. The minimum Gasteiger partial charge on any atom is -0.497 e. The number of methoxy groups -OCH3 is 1. The lowest BCUT2D eigenvalue weighted by Gasteiger charge is -2.03. The van der Waals surface area contributed by atoms with Gasteiger partial charge in [0.25, 0.3) is 0 Å². The van der Waals surface area contributed by atoms with E-state index in [-0.39, 0.29) is 11.3 Å². The van der Waals surface area contributed by atoms with Gasteiger partial charge in [-0.2, -0.15) is 0 Å². The molecular weight excluding hydrogens is 371 g/mol. The maximum atomic E-state index is 11.7. The summed E-state index contributed by atoms with van der Waals surface area (Å²) in [6.07, 6.45) is 1.06. The van der Waals surface area contributed by atoms with Crippen molar-refractivity contribution in [1.82, 2.24) is 0 Å². The molecular formula is C15H17IO4. The monoisotopic (exact) mass is 388 g/mol. The van der Waals surface area contributed by atoms with E-state index in [1.54, 1.807) is 31.4 Å². The lowest BCUT2D eigenvalue weighted by molar-refractivity contribution is 0.0978. The highest BCUT2D eigenvalue weighted by atomic mass is 127. The van der Waals surface area contributed by atoms with E-state index in [0.29, 0.717) is 24.2 Å². The fourth-order valence-electron chi connectivity index (χ4n) is 1.77. The number of Topliss-reactive ketones (excluding diaryl/α,β-unsaturated/α-hetero) is 1. The third kappa shape index (κ3) is 3.82. The van der Waals surface area contributed by atoms with Crippen LogP contribution in [0.15, 0.2) is 33.5 Å². The molecule has 0 aliphatic heterocycles. The molecule has 4 nitrogen and oxygen atoms in total. The van der Waals surface area contributed by atoms with Gasteiger partial charge < -0.3 is 9.15 Å². The molecule has 0 unspecified atom stereocenters. The summed E-state index contributed by atoms with van der Waals surface area (Å²) in [6.45, 7) is 1.89. The van der Waals surface area contributed by atoms with Gasteiger partial charge in [0.15, 0.2) is 5.78 Å². The number of halogens is 1. The van der Waals surface area contributed by atoms with Gasteiger partial charge in [-0.1, -0.05) is 29.5 Å². The second-order valence-electron chi connectivity index (χ2n) is 4.02. The molecule has 0 radical (unpaired) electrons. The largest absolute Gasteiger partial charge is 0.497 e. The number of hydrogen-bond donors (Lipinski definition) is 0. The summed E-state index contributed by atoms with van der Waals surface area (Å²) >= 11 is 2.15. The Balaban J connectivity index is 0.000000956. The third-order valence-electron chi connectivity index (χ3n) is 2.72. The fraction of sp³-hybridized carbons (Fsp3) is 0.333. The second kappa shape index (κ2) is 8.04. The Morgan fingerprint density at radius 2 is 2.00 bits per heavy atom. The number of ketones is 1. The minimum atomic E-state index is -0.589. The average molecular weight is 388 g/mol. The van der Waals surface area contributed by atoms with Crippen molar-refractivity contribution in [2.75, 3.05) is 12.0 Å². The van der Waals surface area contributed by atoms with Gasteiger partial charge in [-0.3, -0.25) is 4.79 Å². The molecule has 0 N–H and O–H groups in total. The number of carbonyl (C=O) groups excluding carboxylic acids is 1. The summed E-state index contributed by atoms with van der Waals surface area (Å²) in [7, 11) is 1.54. The standard InChI is InChI=1S/C14H14O4.CH3I/c1-3-4-12(15)11-7-9-5-6-10(17-2)8-13(9)18-14(11)16;1-2/h5-8H,3-4H2,1-2H3;1H3. The SMILES string of the molecule is CCCC(=O)c1cc2ccc(OC)cc2oc1=O.CI. The number of hydrogen-bond acceptors (Lipinski definition) is 4. The Morgan fingerprint density at radius 1 is 1.30 bits per heavy atom. The van der Waals surface area contributed by atoms with E-state index >= 15 is 0 Å². The zero-order valence-electron chi connectivity index (χ0n) is 11.7. The molecule has 2 aromatic rings. The lowest BCUT2D eigenvalue weighted by Crippen LogP contribution is -2.13. The number of alkyl halides is 1. The van der Waals surface area contributed by atoms with E-state index in [2.05, 4.69) is 22.6 Å². The van der Waals surface area contributed by atoms with Crippen LogP contribution in [0.2, 0.25) is 0 Å². The number of benzene rings is 1. The first-order valence-corrected chi connectivity index (χ1v) is 8.34. The van der Waals surface area contributed by atoms with Gasteiger partial charge in [0.1, 0.15) is 16.9 Å². The molecule has 0 bridgehead atoms. The van der Waals surface area contributed by atoms with Crippen molar-refractivity contribution in [1.29, 1.82) is 0 Å². The normalized spacial score (nSPS) is 9.80. The van der Waals surface area contributed by atoms with Crippen LogP contribution in [-0.4, -0.2) is 17.8 Å². The molecule has 5 heteroatoms. The minimum absolute atomic E-state index is 0.120. The average Bonchev–Trinajstić information content (AvgIpc) is 2.48. The van der Waals surface area contributed by atoms with Gasteiger partial charge in [0, 0.05) is 17.9 Å².